The van der Waals surface area contributed by atoms with Gasteiger partial charge in [-0.15, -0.1) is 0 Å². The van der Waals surface area contributed by atoms with E-state index < -0.39 is 0 Å². The summed E-state index contributed by atoms with van der Waals surface area (Å²) in [5, 5.41) is 0. The monoisotopic (exact) mass is 317 g/mol. The second-order valence-corrected chi connectivity index (χ2v) is 6.79. The summed E-state index contributed by atoms with van der Waals surface area (Å²) in [4.78, 5) is 19.1. The Morgan fingerprint density at radius 2 is 1.83 bits per heavy atom. The third-order valence-corrected chi connectivity index (χ3v) is 4.74. The van der Waals surface area contributed by atoms with Crippen molar-refractivity contribution in [3.05, 3.63) is 30.3 Å². The summed E-state index contributed by atoms with van der Waals surface area (Å²) >= 11 is 0. The lowest BCUT2D eigenvalue weighted by Gasteiger charge is -2.33. The van der Waals surface area contributed by atoms with Crippen molar-refractivity contribution >= 4 is 11.6 Å². The van der Waals surface area contributed by atoms with E-state index in [-0.39, 0.29) is 5.91 Å². The van der Waals surface area contributed by atoms with Crippen LogP contribution in [0.1, 0.15) is 26.2 Å². The second kappa shape index (κ2) is 9.04. The molecule has 1 saturated heterocycles. The Balaban J connectivity index is 1.80. The molecule has 0 bridgehead atoms. The van der Waals surface area contributed by atoms with Crippen LogP contribution in [0.3, 0.4) is 0 Å². The number of para-hydroxylation sites is 1. The summed E-state index contributed by atoms with van der Waals surface area (Å²) in [7, 11) is 4.27. The van der Waals surface area contributed by atoms with Gasteiger partial charge in [0.1, 0.15) is 0 Å². The Morgan fingerprint density at radius 3 is 2.39 bits per heavy atom. The number of benzene rings is 1. The molecule has 0 radical (unpaired) electrons. The number of carbonyl (C=O) groups excluding carboxylic acids is 1. The van der Waals surface area contributed by atoms with Gasteiger partial charge in [0.25, 0.3) is 0 Å². The molecular weight excluding hydrogens is 286 g/mol. The molecule has 1 heterocycles. The number of likely N-dealkylation sites (tertiary alicyclic amines) is 1. The number of hydrogen-bond donors (Lipinski definition) is 0. The quantitative estimate of drug-likeness (QED) is 0.773. The highest BCUT2D eigenvalue weighted by Crippen LogP contribution is 2.21. The van der Waals surface area contributed by atoms with Crippen LogP contribution in [0.5, 0.6) is 0 Å². The molecule has 128 valence electrons. The minimum Gasteiger partial charge on any atom is -0.312 e. The second-order valence-electron chi connectivity index (χ2n) is 6.79. The molecular formula is C19H31N3O. The maximum atomic E-state index is 12.6. The SMILES string of the molecule is CCN(C(=O)CN1CCC(CCN(C)C)CC1)c1ccccc1. The largest absolute Gasteiger partial charge is 0.312 e. The van der Waals surface area contributed by atoms with E-state index in [1.165, 1.54) is 25.8 Å². The highest BCUT2D eigenvalue weighted by Gasteiger charge is 2.23. The van der Waals surface area contributed by atoms with E-state index in [4.69, 9.17) is 0 Å². The Bertz CT molecular complexity index is 467. The topological polar surface area (TPSA) is 26.8 Å². The molecule has 1 aliphatic rings. The number of anilines is 1. The summed E-state index contributed by atoms with van der Waals surface area (Å²) in [6, 6.07) is 9.98. The molecule has 2 rings (SSSR count). The van der Waals surface area contributed by atoms with E-state index in [9.17, 15) is 4.79 Å². The van der Waals surface area contributed by atoms with Gasteiger partial charge in [-0.25, -0.2) is 0 Å². The van der Waals surface area contributed by atoms with Crippen molar-refractivity contribution in [1.29, 1.82) is 0 Å². The number of piperidine rings is 1. The predicted octanol–water partition coefficient (Wildman–Crippen LogP) is 2.70. The molecule has 0 N–H and O–H groups in total. The summed E-state index contributed by atoms with van der Waals surface area (Å²) in [5.41, 5.74) is 1.00. The van der Waals surface area contributed by atoms with Crippen LogP contribution in [0.25, 0.3) is 0 Å². The Hall–Kier alpha value is -1.39. The molecule has 0 atom stereocenters. The molecule has 0 spiro atoms. The summed E-state index contributed by atoms with van der Waals surface area (Å²) in [5.74, 6) is 1.03. The van der Waals surface area contributed by atoms with Crippen molar-refractivity contribution in [3.8, 4) is 0 Å². The summed E-state index contributed by atoms with van der Waals surface area (Å²) in [6.45, 7) is 6.58. The van der Waals surface area contributed by atoms with Crippen molar-refractivity contribution in [2.24, 2.45) is 5.92 Å². The lowest BCUT2D eigenvalue weighted by molar-refractivity contribution is -0.120. The fourth-order valence-corrected chi connectivity index (χ4v) is 3.26. The minimum absolute atomic E-state index is 0.213. The van der Waals surface area contributed by atoms with Crippen LogP contribution in [-0.2, 0) is 4.79 Å². The average Bonchev–Trinajstić information content (AvgIpc) is 2.56. The van der Waals surface area contributed by atoms with Crippen LogP contribution < -0.4 is 4.90 Å². The van der Waals surface area contributed by atoms with Gasteiger partial charge in [-0.1, -0.05) is 18.2 Å². The molecule has 4 heteroatoms. The maximum absolute atomic E-state index is 12.6. The van der Waals surface area contributed by atoms with Crippen LogP contribution >= 0.6 is 0 Å². The number of hydrogen-bond acceptors (Lipinski definition) is 3. The average molecular weight is 317 g/mol. The molecule has 1 fully saturated rings. The van der Waals surface area contributed by atoms with E-state index in [1.807, 2.05) is 42.2 Å². The van der Waals surface area contributed by atoms with Gasteiger partial charge in [0.05, 0.1) is 6.54 Å². The summed E-state index contributed by atoms with van der Waals surface area (Å²) in [6.07, 6.45) is 3.72. The molecule has 0 unspecified atom stereocenters. The van der Waals surface area contributed by atoms with Crippen molar-refractivity contribution in [2.45, 2.75) is 26.2 Å². The fraction of sp³-hybridized carbons (Fsp3) is 0.632. The first-order valence-corrected chi connectivity index (χ1v) is 8.82. The molecule has 1 aromatic rings. The highest BCUT2D eigenvalue weighted by molar-refractivity contribution is 5.94. The Labute approximate surface area is 141 Å². The van der Waals surface area contributed by atoms with E-state index >= 15 is 0 Å². The smallest absolute Gasteiger partial charge is 0.241 e. The lowest BCUT2D eigenvalue weighted by atomic mass is 9.93. The van der Waals surface area contributed by atoms with Gasteiger partial charge >= 0.3 is 0 Å². The van der Waals surface area contributed by atoms with E-state index in [1.54, 1.807) is 0 Å². The third-order valence-electron chi connectivity index (χ3n) is 4.74. The Morgan fingerprint density at radius 1 is 1.17 bits per heavy atom. The van der Waals surface area contributed by atoms with Gasteiger partial charge in [-0.2, -0.15) is 0 Å². The zero-order chi connectivity index (χ0) is 16.7. The number of likely N-dealkylation sites (N-methyl/N-ethyl adjacent to an activating group) is 1. The molecule has 0 aliphatic carbocycles. The van der Waals surface area contributed by atoms with Crippen molar-refractivity contribution < 1.29 is 4.79 Å². The molecule has 1 amide bonds. The van der Waals surface area contributed by atoms with Crippen LogP contribution in [0.4, 0.5) is 5.69 Å². The number of amides is 1. The minimum atomic E-state index is 0.213. The van der Waals surface area contributed by atoms with Crippen molar-refractivity contribution in [1.82, 2.24) is 9.80 Å². The molecule has 23 heavy (non-hydrogen) atoms. The first-order chi connectivity index (χ1) is 11.1. The molecule has 1 aromatic carbocycles. The molecule has 0 saturated carbocycles. The first kappa shape index (κ1) is 18.0. The standard InChI is InChI=1S/C19H31N3O/c1-4-22(18-8-6-5-7-9-18)19(23)16-21-14-11-17(12-15-21)10-13-20(2)3/h5-9,17H,4,10-16H2,1-3H3. The zero-order valence-electron chi connectivity index (χ0n) is 14.9. The van der Waals surface area contributed by atoms with Crippen LogP contribution in [0.2, 0.25) is 0 Å². The van der Waals surface area contributed by atoms with Gasteiger partial charge < -0.3 is 9.80 Å². The van der Waals surface area contributed by atoms with E-state index in [0.29, 0.717) is 6.54 Å². The van der Waals surface area contributed by atoms with Gasteiger partial charge in [0.2, 0.25) is 5.91 Å². The maximum Gasteiger partial charge on any atom is 0.241 e. The first-order valence-electron chi connectivity index (χ1n) is 8.82. The van der Waals surface area contributed by atoms with Crippen molar-refractivity contribution in [3.63, 3.8) is 0 Å². The number of rotatable bonds is 7. The van der Waals surface area contributed by atoms with Gasteiger partial charge in [0, 0.05) is 12.2 Å². The van der Waals surface area contributed by atoms with Crippen LogP contribution in [0.15, 0.2) is 30.3 Å². The van der Waals surface area contributed by atoms with Crippen LogP contribution in [0, 0.1) is 5.92 Å². The third kappa shape index (κ3) is 5.63. The summed E-state index contributed by atoms with van der Waals surface area (Å²) < 4.78 is 0. The zero-order valence-corrected chi connectivity index (χ0v) is 14.9. The molecule has 4 nitrogen and oxygen atoms in total. The molecule has 1 aliphatic heterocycles. The van der Waals surface area contributed by atoms with Gasteiger partial charge in [0.15, 0.2) is 0 Å². The van der Waals surface area contributed by atoms with E-state index in [2.05, 4.69) is 23.9 Å². The normalized spacial score (nSPS) is 16.7. The van der Waals surface area contributed by atoms with Gasteiger partial charge in [-0.3, -0.25) is 9.69 Å². The predicted molar refractivity (Wildman–Crippen MR) is 96.8 cm³/mol. The van der Waals surface area contributed by atoms with E-state index in [0.717, 1.165) is 31.2 Å². The highest BCUT2D eigenvalue weighted by atomic mass is 16.2. The number of carbonyl (C=O) groups is 1. The lowest BCUT2D eigenvalue weighted by Crippen LogP contribution is -2.43. The van der Waals surface area contributed by atoms with Gasteiger partial charge in [-0.05, 0) is 78.0 Å². The fourth-order valence-electron chi connectivity index (χ4n) is 3.26. The molecule has 0 aromatic heterocycles. The Kier molecular flexibility index (Phi) is 7.06. The number of nitrogens with zero attached hydrogens (tertiary/aromatic N) is 3. The van der Waals surface area contributed by atoms with Crippen molar-refractivity contribution in [2.75, 3.05) is 51.7 Å². The van der Waals surface area contributed by atoms with Crippen LogP contribution in [-0.4, -0.2) is 62.5 Å².